The van der Waals surface area contributed by atoms with Gasteiger partial charge in [-0.25, -0.2) is 0 Å². The number of hydrogen-bond acceptors (Lipinski definition) is 0. The Balaban J connectivity index is 0.00000291. The summed E-state index contributed by atoms with van der Waals surface area (Å²) in [6.45, 7) is 17.3. The van der Waals surface area contributed by atoms with E-state index in [1.54, 1.807) is 3.88 Å². The summed E-state index contributed by atoms with van der Waals surface area (Å²) in [6.07, 6.45) is 0. The first-order valence-electron chi connectivity index (χ1n) is 30.3. The summed E-state index contributed by atoms with van der Waals surface area (Å²) in [5.74, 6) is -3.30. The van der Waals surface area contributed by atoms with Gasteiger partial charge in [-0.1, -0.05) is 0 Å². The first kappa shape index (κ1) is 63.9. The van der Waals surface area contributed by atoms with Crippen LogP contribution in [0.5, 0.6) is 0 Å². The quantitative estimate of drug-likeness (QED) is 0.0752. The summed E-state index contributed by atoms with van der Waals surface area (Å²) < 4.78 is 1.66. The van der Waals surface area contributed by atoms with Gasteiger partial charge in [0.2, 0.25) is 0 Å². The number of allylic oxidation sites excluding steroid dienone is 4. The summed E-state index contributed by atoms with van der Waals surface area (Å²) in [5, 5.41) is 4.44. The maximum Gasteiger partial charge on any atom is -1.00 e. The Hall–Kier alpha value is -8.08. The van der Waals surface area contributed by atoms with Gasteiger partial charge in [0.25, 0.3) is 0 Å². The Labute approximate surface area is 555 Å². The predicted molar refractivity (Wildman–Crippen MR) is 367 cm³/mol. The Morgan fingerprint density at radius 1 is 0.258 bits per heavy atom. The monoisotopic (exact) mass is 1260 g/mol. The van der Waals surface area contributed by atoms with Crippen LogP contribution < -0.4 is 52.8 Å². The Bertz CT molecular complexity index is 4080. The van der Waals surface area contributed by atoms with E-state index in [1.807, 2.05) is 0 Å². The van der Waals surface area contributed by atoms with Gasteiger partial charge in [0, 0.05) is 0 Å². The molecule has 0 N–H and O–H groups in total. The van der Waals surface area contributed by atoms with Crippen molar-refractivity contribution in [2.24, 2.45) is 5.92 Å². The molecule has 12 aromatic rings. The molecule has 1 aliphatic rings. The van der Waals surface area contributed by atoms with Gasteiger partial charge < -0.3 is 37.2 Å². The molecule has 435 valence electrons. The molecule has 0 heterocycles. The maximum absolute atomic E-state index is 3.58. The van der Waals surface area contributed by atoms with Crippen LogP contribution in [0.15, 0.2) is 312 Å². The van der Waals surface area contributed by atoms with E-state index in [0.29, 0.717) is 0 Å². The van der Waals surface area contributed by atoms with Crippen molar-refractivity contribution in [2.45, 2.75) is 48.5 Å². The molecule has 0 saturated carbocycles. The zero-order chi connectivity index (χ0) is 58.9. The van der Waals surface area contributed by atoms with Crippen LogP contribution in [0.25, 0.3) is 100 Å². The zero-order valence-electron chi connectivity index (χ0n) is 51.4. The minimum absolute atomic E-state index is 0. The van der Waals surface area contributed by atoms with E-state index in [4.69, 9.17) is 0 Å². The molecule has 12 aromatic carbocycles. The molecule has 0 aliphatic heterocycles. The van der Waals surface area contributed by atoms with Crippen LogP contribution in [0, 0.1) is 26.7 Å². The summed E-state index contributed by atoms with van der Waals surface area (Å²) in [7, 11) is 0. The fourth-order valence-corrected chi connectivity index (χ4v) is 29.3. The third-order valence-electron chi connectivity index (χ3n) is 18.6. The molecule has 1 aliphatic carbocycles. The van der Waals surface area contributed by atoms with Crippen LogP contribution in [0.2, 0.25) is 0 Å². The SMILES string of the molecule is CC1=C(C)C(C)[C]([Ti+3][Si](c2cc(-c3ccccc3)c(-c3ccccc3)c(-c3ccccc3)c2C)(c2cc(-c3ccccc3)c(-c3ccccc3)c(-c3ccccc3)c2C)c2cc(-c3ccccc3)c(-c3ccccc3)c(-c3ccccc3)c2C)=C1C.[Cl-].[Cl-].[Cl-]. The second-order valence-electron chi connectivity index (χ2n) is 23.3. The van der Waals surface area contributed by atoms with Crippen molar-refractivity contribution in [2.75, 3.05) is 0 Å². The van der Waals surface area contributed by atoms with E-state index < -0.39 is 24.3 Å². The van der Waals surface area contributed by atoms with Gasteiger partial charge in [-0.3, -0.25) is 0 Å². The van der Waals surface area contributed by atoms with Crippen molar-refractivity contribution in [1.82, 2.24) is 0 Å². The average molecular weight is 1260 g/mol. The molecular weight excluding hydrogens is 1190 g/mol. The smallest absolute Gasteiger partial charge is 1.00 e. The van der Waals surface area contributed by atoms with Crippen molar-refractivity contribution in [3.8, 4) is 100 Å². The number of hydrogen-bond donors (Lipinski definition) is 0. The van der Waals surface area contributed by atoms with Gasteiger partial charge in [-0.2, -0.15) is 0 Å². The van der Waals surface area contributed by atoms with Crippen molar-refractivity contribution >= 4 is 21.5 Å². The second-order valence-corrected chi connectivity index (χ2v) is 32.2. The summed E-state index contributed by atoms with van der Waals surface area (Å²) in [6, 6.07) is 110. The van der Waals surface area contributed by atoms with E-state index in [0.717, 1.165) is 0 Å². The van der Waals surface area contributed by atoms with Gasteiger partial charge in [0.05, 0.1) is 0 Å². The Morgan fingerprint density at radius 3 is 0.663 bits per heavy atom. The number of rotatable bonds is 14. The zero-order valence-corrected chi connectivity index (χ0v) is 56.3. The fraction of sp³-hybridized carbons (Fsp3) is 0.0952. The van der Waals surface area contributed by atoms with Crippen molar-refractivity contribution in [3.05, 3.63) is 328 Å². The van der Waals surface area contributed by atoms with Crippen LogP contribution in [-0.4, -0.2) is 5.94 Å². The normalized spacial score (nSPS) is 12.8. The van der Waals surface area contributed by atoms with Crippen molar-refractivity contribution in [3.63, 3.8) is 0 Å². The maximum atomic E-state index is 2.75. The molecule has 89 heavy (non-hydrogen) atoms. The van der Waals surface area contributed by atoms with Crippen LogP contribution in [0.4, 0.5) is 0 Å². The fourth-order valence-electron chi connectivity index (χ4n) is 14.1. The molecule has 5 heteroatoms. The van der Waals surface area contributed by atoms with Gasteiger partial charge in [0.15, 0.2) is 0 Å². The van der Waals surface area contributed by atoms with Crippen molar-refractivity contribution in [1.29, 1.82) is 0 Å². The van der Waals surface area contributed by atoms with E-state index in [2.05, 4.69) is 340 Å². The third kappa shape index (κ3) is 11.8. The second kappa shape index (κ2) is 27.8. The summed E-state index contributed by atoms with van der Waals surface area (Å²) in [4.78, 5) is 0. The van der Waals surface area contributed by atoms with Crippen LogP contribution in [-0.2, 0) is 18.4 Å². The van der Waals surface area contributed by atoms with Crippen LogP contribution in [0.1, 0.15) is 44.4 Å². The van der Waals surface area contributed by atoms with E-state index >= 15 is 0 Å². The molecule has 0 saturated heterocycles. The largest absolute Gasteiger partial charge is 1.00 e. The first-order valence-corrected chi connectivity index (χ1v) is 35.5. The minimum atomic E-state index is -3.58. The summed E-state index contributed by atoms with van der Waals surface area (Å²) >= 11 is -1.22. The molecule has 0 aromatic heterocycles. The molecule has 0 amide bonds. The van der Waals surface area contributed by atoms with Crippen LogP contribution >= 0.6 is 0 Å². The Morgan fingerprint density at radius 2 is 0.461 bits per heavy atom. The van der Waals surface area contributed by atoms with Gasteiger partial charge in [0.1, 0.15) is 0 Å². The molecule has 1 unspecified atom stereocenters. The third-order valence-corrected chi connectivity index (χ3v) is 31.3. The molecule has 0 nitrogen and oxygen atoms in total. The minimum Gasteiger partial charge on any atom is -1.00 e. The van der Waals surface area contributed by atoms with E-state index in [9.17, 15) is 0 Å². The van der Waals surface area contributed by atoms with Crippen LogP contribution in [0.3, 0.4) is 0 Å². The molecule has 0 bridgehead atoms. The standard InChI is InChI=1S/C75H57Si.C9H13.3ClH.Ti/c1-52-67(49-64(55-31-13-4-14-32-55)73(61-43-25-10-26-44-61)70(52)58-37-19-7-20-38-58)76(68-50-65(56-33-15-5-16-34-56)74(62-45-27-11-28-46-62)71(53(68)2)59-39-21-8-22-40-59)69-51-66(57-35-17-6-18-36-57)75(63-47-29-12-30-48-63)72(54(69)3)60-41-23-9-24-42-60;1-6-5-7(2)9(4)8(6)3;;;;/h4-51H,1-3H3;6H,1-4H3;3*1H;/q;;;;;+3/p-3. The first-order chi connectivity index (χ1) is 42.1. The van der Waals surface area contributed by atoms with Crippen molar-refractivity contribution < 1.29 is 55.6 Å². The Kier molecular flexibility index (Phi) is 19.9. The average Bonchev–Trinajstić information content (AvgIpc) is 1.17. The van der Waals surface area contributed by atoms with Gasteiger partial charge in [-0.15, -0.1) is 0 Å². The molecular formula is C84H70Cl3SiTi. The van der Waals surface area contributed by atoms with Gasteiger partial charge >= 0.3 is 523 Å². The van der Waals surface area contributed by atoms with Gasteiger partial charge in [-0.05, 0) is 0 Å². The predicted octanol–water partition coefficient (Wildman–Crippen LogP) is 11.9. The number of benzene rings is 12. The molecule has 0 fully saturated rings. The molecule has 0 radical (unpaired) electrons. The van der Waals surface area contributed by atoms with E-state index in [1.165, 1.54) is 149 Å². The molecule has 13 rings (SSSR count). The van der Waals surface area contributed by atoms with E-state index in [-0.39, 0.29) is 43.1 Å². The number of halogens is 3. The summed E-state index contributed by atoms with van der Waals surface area (Å²) in [5.41, 5.74) is 30.8. The molecule has 0 spiro atoms. The topological polar surface area (TPSA) is 0 Å². The molecule has 1 atom stereocenters.